The number of hydrogen-bond donors (Lipinski definition) is 1. The molecule has 78 valence electrons. The zero-order chi connectivity index (χ0) is 10.8. The fraction of sp³-hybridized carbons (Fsp3) is 0.500. The van der Waals surface area contributed by atoms with E-state index < -0.39 is 12.7 Å². The first-order chi connectivity index (χ1) is 6.38. The van der Waals surface area contributed by atoms with E-state index in [1.54, 1.807) is 13.8 Å². The maximum Gasteiger partial charge on any atom is 0.405 e. The zero-order valence-electron chi connectivity index (χ0n) is 7.81. The second kappa shape index (κ2) is 3.81. The Morgan fingerprint density at radius 1 is 1.36 bits per heavy atom. The first-order valence-electron chi connectivity index (χ1n) is 3.99. The number of alkyl halides is 3. The van der Waals surface area contributed by atoms with Crippen LogP contribution in [0, 0.1) is 13.8 Å². The van der Waals surface area contributed by atoms with Crippen molar-refractivity contribution in [3.8, 4) is 0 Å². The molecule has 0 fully saturated rings. The number of halogens is 3. The number of anilines is 1. The fourth-order valence-electron chi connectivity index (χ4n) is 0.889. The van der Waals surface area contributed by atoms with E-state index in [2.05, 4.69) is 15.3 Å². The number of hydrogen-bond acceptors (Lipinski definition) is 3. The van der Waals surface area contributed by atoms with Crippen LogP contribution in [0.5, 0.6) is 0 Å². The summed E-state index contributed by atoms with van der Waals surface area (Å²) in [4.78, 5) is 7.79. The van der Waals surface area contributed by atoms with Gasteiger partial charge in [-0.1, -0.05) is 0 Å². The van der Waals surface area contributed by atoms with Gasteiger partial charge in [0, 0.05) is 6.20 Å². The molecule has 0 aromatic carbocycles. The smallest absolute Gasteiger partial charge is 0.360 e. The molecule has 0 atom stereocenters. The van der Waals surface area contributed by atoms with Gasteiger partial charge >= 0.3 is 6.18 Å². The largest absolute Gasteiger partial charge is 0.405 e. The number of rotatable bonds is 2. The normalized spacial score (nSPS) is 11.5. The van der Waals surface area contributed by atoms with Gasteiger partial charge in [-0.15, -0.1) is 0 Å². The van der Waals surface area contributed by atoms with E-state index in [1.165, 1.54) is 6.20 Å². The minimum Gasteiger partial charge on any atom is -0.360 e. The lowest BCUT2D eigenvalue weighted by Gasteiger charge is -2.10. The van der Waals surface area contributed by atoms with Crippen LogP contribution in [0.2, 0.25) is 0 Å². The third-order valence-corrected chi connectivity index (χ3v) is 1.53. The van der Waals surface area contributed by atoms with Crippen molar-refractivity contribution in [2.75, 3.05) is 11.9 Å². The van der Waals surface area contributed by atoms with Crippen LogP contribution in [-0.2, 0) is 0 Å². The highest BCUT2D eigenvalue weighted by atomic mass is 19.4. The Morgan fingerprint density at radius 3 is 2.57 bits per heavy atom. The number of nitrogens with zero attached hydrogens (tertiary/aromatic N) is 2. The Hall–Kier alpha value is -1.33. The van der Waals surface area contributed by atoms with Gasteiger partial charge < -0.3 is 5.32 Å². The van der Waals surface area contributed by atoms with Crippen molar-refractivity contribution in [2.24, 2.45) is 0 Å². The summed E-state index contributed by atoms with van der Waals surface area (Å²) in [5.74, 6) is 0.183. The molecule has 1 N–H and O–H groups in total. The molecule has 0 aliphatic heterocycles. The second-order valence-electron chi connectivity index (χ2n) is 2.91. The van der Waals surface area contributed by atoms with E-state index in [0.717, 1.165) is 0 Å². The Bertz CT molecular complexity index is 322. The number of aryl methyl sites for hydroxylation is 2. The second-order valence-corrected chi connectivity index (χ2v) is 2.91. The first kappa shape index (κ1) is 10.7. The van der Waals surface area contributed by atoms with Crippen molar-refractivity contribution in [1.29, 1.82) is 0 Å². The molecule has 1 heterocycles. The van der Waals surface area contributed by atoms with E-state index >= 15 is 0 Å². The summed E-state index contributed by atoms with van der Waals surface area (Å²) in [5, 5.41) is 2.20. The van der Waals surface area contributed by atoms with E-state index in [9.17, 15) is 13.2 Å². The molecule has 1 aromatic heterocycles. The molecule has 0 saturated heterocycles. The number of nitrogens with one attached hydrogen (secondary N) is 1. The van der Waals surface area contributed by atoms with Crippen molar-refractivity contribution < 1.29 is 13.2 Å². The summed E-state index contributed by atoms with van der Waals surface area (Å²) >= 11 is 0. The molecule has 1 aromatic rings. The minimum absolute atomic E-state index is 0.183. The summed E-state index contributed by atoms with van der Waals surface area (Å²) < 4.78 is 35.6. The third kappa shape index (κ3) is 3.20. The molecular weight excluding hydrogens is 195 g/mol. The quantitative estimate of drug-likeness (QED) is 0.803. The summed E-state index contributed by atoms with van der Waals surface area (Å²) in [5.41, 5.74) is 1.04. The lowest BCUT2D eigenvalue weighted by molar-refractivity contribution is -0.115. The summed E-state index contributed by atoms with van der Waals surface area (Å²) in [6, 6.07) is 0. The first-order valence-corrected chi connectivity index (χ1v) is 3.99. The van der Waals surface area contributed by atoms with Gasteiger partial charge in [-0.05, 0) is 13.8 Å². The van der Waals surface area contributed by atoms with Gasteiger partial charge in [0.1, 0.15) is 12.4 Å². The fourth-order valence-corrected chi connectivity index (χ4v) is 0.889. The van der Waals surface area contributed by atoms with Crippen molar-refractivity contribution in [1.82, 2.24) is 9.97 Å². The molecule has 0 aliphatic rings. The Balaban J connectivity index is 2.72. The predicted octanol–water partition coefficient (Wildman–Crippen LogP) is 2.07. The molecule has 0 saturated carbocycles. The van der Waals surface area contributed by atoms with Crippen molar-refractivity contribution in [3.63, 3.8) is 0 Å². The molecule has 0 amide bonds. The third-order valence-electron chi connectivity index (χ3n) is 1.53. The molecule has 6 heteroatoms. The van der Waals surface area contributed by atoms with Gasteiger partial charge in [0.2, 0.25) is 0 Å². The van der Waals surface area contributed by atoms with Crippen molar-refractivity contribution in [2.45, 2.75) is 20.0 Å². The molecule has 3 nitrogen and oxygen atoms in total. The van der Waals surface area contributed by atoms with E-state index in [1.807, 2.05) is 0 Å². The van der Waals surface area contributed by atoms with Gasteiger partial charge in [0.15, 0.2) is 0 Å². The lowest BCUT2D eigenvalue weighted by atomic mass is 10.4. The highest BCUT2D eigenvalue weighted by molar-refractivity contribution is 5.39. The molecule has 0 spiro atoms. The van der Waals surface area contributed by atoms with Gasteiger partial charge in [0.05, 0.1) is 11.4 Å². The lowest BCUT2D eigenvalue weighted by Crippen LogP contribution is -2.22. The van der Waals surface area contributed by atoms with Crippen LogP contribution >= 0.6 is 0 Å². The molecule has 0 unspecified atom stereocenters. The highest BCUT2D eigenvalue weighted by Gasteiger charge is 2.27. The average molecular weight is 205 g/mol. The van der Waals surface area contributed by atoms with Crippen LogP contribution in [-0.4, -0.2) is 22.7 Å². The van der Waals surface area contributed by atoms with E-state index in [-0.39, 0.29) is 5.82 Å². The van der Waals surface area contributed by atoms with Crippen LogP contribution in [0.15, 0.2) is 6.20 Å². The van der Waals surface area contributed by atoms with Gasteiger partial charge in [-0.2, -0.15) is 13.2 Å². The molecule has 0 aliphatic carbocycles. The molecule has 1 rings (SSSR count). The topological polar surface area (TPSA) is 37.8 Å². The molecule has 0 bridgehead atoms. The van der Waals surface area contributed by atoms with Crippen molar-refractivity contribution >= 4 is 5.82 Å². The maximum absolute atomic E-state index is 11.9. The maximum atomic E-state index is 11.9. The van der Waals surface area contributed by atoms with Gasteiger partial charge in [0.25, 0.3) is 0 Å². The minimum atomic E-state index is -4.24. The Kier molecular flexibility index (Phi) is 2.93. The monoisotopic (exact) mass is 205 g/mol. The SMILES string of the molecule is Cc1cnc(C)c(NCC(F)(F)F)n1. The molecule has 14 heavy (non-hydrogen) atoms. The predicted molar refractivity (Wildman–Crippen MR) is 46.1 cm³/mol. The average Bonchev–Trinajstić information content (AvgIpc) is 2.05. The van der Waals surface area contributed by atoms with Crippen LogP contribution in [0.25, 0.3) is 0 Å². The van der Waals surface area contributed by atoms with Gasteiger partial charge in [-0.25, -0.2) is 4.98 Å². The van der Waals surface area contributed by atoms with Crippen LogP contribution in [0.1, 0.15) is 11.4 Å². The number of aromatic nitrogens is 2. The molecular formula is C8H10F3N3. The summed E-state index contributed by atoms with van der Waals surface area (Å²) in [7, 11) is 0. The van der Waals surface area contributed by atoms with Crippen LogP contribution < -0.4 is 5.32 Å². The van der Waals surface area contributed by atoms with Crippen LogP contribution in [0.3, 0.4) is 0 Å². The Morgan fingerprint density at radius 2 is 2.00 bits per heavy atom. The summed E-state index contributed by atoms with van der Waals surface area (Å²) in [6.45, 7) is 2.18. The summed E-state index contributed by atoms with van der Waals surface area (Å²) in [6.07, 6.45) is -2.73. The van der Waals surface area contributed by atoms with E-state index in [4.69, 9.17) is 0 Å². The van der Waals surface area contributed by atoms with Crippen molar-refractivity contribution in [3.05, 3.63) is 17.6 Å². The van der Waals surface area contributed by atoms with E-state index in [0.29, 0.717) is 11.4 Å². The Labute approximate surface area is 79.4 Å². The van der Waals surface area contributed by atoms with Gasteiger partial charge in [-0.3, -0.25) is 4.98 Å². The van der Waals surface area contributed by atoms with Crippen LogP contribution in [0.4, 0.5) is 19.0 Å². The highest BCUT2D eigenvalue weighted by Crippen LogP contribution is 2.16. The molecule has 0 radical (unpaired) electrons. The standard InChI is InChI=1S/C8H10F3N3/c1-5-3-12-6(2)7(14-5)13-4-8(9,10)11/h3H,4H2,1-2H3,(H,13,14). The zero-order valence-corrected chi connectivity index (χ0v) is 7.81.